The molecule has 18 heavy (non-hydrogen) atoms. The quantitative estimate of drug-likeness (QED) is 0.799. The molecule has 1 aromatic heterocycles. The first-order chi connectivity index (χ1) is 8.56. The van der Waals surface area contributed by atoms with Gasteiger partial charge in [-0.2, -0.15) is 0 Å². The van der Waals surface area contributed by atoms with Gasteiger partial charge in [0.2, 0.25) is 0 Å². The third-order valence-electron chi connectivity index (χ3n) is 4.60. The largest absolute Gasteiger partial charge is 0.490 e. The summed E-state index contributed by atoms with van der Waals surface area (Å²) in [6.45, 7) is 1.81. The summed E-state index contributed by atoms with van der Waals surface area (Å²) < 4.78 is 0. The number of aryl methyl sites for hydroxylation is 1. The predicted molar refractivity (Wildman–Crippen MR) is 72.0 cm³/mol. The second-order valence-corrected chi connectivity index (χ2v) is 6.09. The van der Waals surface area contributed by atoms with E-state index in [1.165, 1.54) is 25.7 Å². The molecule has 1 aromatic rings. The van der Waals surface area contributed by atoms with Gasteiger partial charge in [0.15, 0.2) is 0 Å². The molecular formula is C13H17BClNO2. The Morgan fingerprint density at radius 2 is 2.11 bits per heavy atom. The smallest absolute Gasteiger partial charge is 0.423 e. The van der Waals surface area contributed by atoms with Crippen molar-refractivity contribution < 1.29 is 10.0 Å². The molecular weight excluding hydrogens is 248 g/mol. The van der Waals surface area contributed by atoms with Gasteiger partial charge in [-0.15, -0.1) is 0 Å². The maximum atomic E-state index is 9.25. The first kappa shape index (κ1) is 12.5. The van der Waals surface area contributed by atoms with Gasteiger partial charge < -0.3 is 10.0 Å². The second-order valence-electron chi connectivity index (χ2n) is 5.69. The fraction of sp³-hybridized carbons (Fsp3) is 0.615. The Labute approximate surface area is 112 Å². The van der Waals surface area contributed by atoms with Crippen molar-refractivity contribution >= 4 is 24.2 Å². The summed E-state index contributed by atoms with van der Waals surface area (Å²) in [7, 11) is -1.50. The van der Waals surface area contributed by atoms with E-state index in [1.807, 2.05) is 6.92 Å². The highest BCUT2D eigenvalue weighted by atomic mass is 35.5. The zero-order valence-corrected chi connectivity index (χ0v) is 11.2. The molecule has 2 saturated carbocycles. The number of aromatic nitrogens is 1. The Balaban J connectivity index is 1.96. The van der Waals surface area contributed by atoms with E-state index in [-0.39, 0.29) is 0 Å². The number of fused-ring (bicyclic) bond motifs is 2. The second kappa shape index (κ2) is 4.51. The topological polar surface area (TPSA) is 53.4 Å². The van der Waals surface area contributed by atoms with E-state index in [1.54, 1.807) is 6.07 Å². The maximum absolute atomic E-state index is 9.25. The van der Waals surface area contributed by atoms with Gasteiger partial charge in [-0.3, -0.25) is 4.98 Å². The van der Waals surface area contributed by atoms with Crippen molar-refractivity contribution in [3.8, 4) is 0 Å². The van der Waals surface area contributed by atoms with E-state index < -0.39 is 7.12 Å². The third kappa shape index (κ3) is 1.96. The Kier molecular flexibility index (Phi) is 3.12. The van der Waals surface area contributed by atoms with Crippen molar-refractivity contribution in [2.75, 3.05) is 0 Å². The molecule has 3 unspecified atom stereocenters. The number of hydrogen-bond donors (Lipinski definition) is 2. The van der Waals surface area contributed by atoms with Crippen LogP contribution in [0.3, 0.4) is 0 Å². The van der Waals surface area contributed by atoms with Crippen LogP contribution in [0, 0.1) is 18.8 Å². The summed E-state index contributed by atoms with van der Waals surface area (Å²) >= 11 is 6.28. The molecule has 2 fully saturated rings. The van der Waals surface area contributed by atoms with Crippen LogP contribution in [0.5, 0.6) is 0 Å². The Bertz CT molecular complexity index is 480. The lowest BCUT2D eigenvalue weighted by Crippen LogP contribution is -2.33. The van der Waals surface area contributed by atoms with Crippen LogP contribution >= 0.6 is 11.6 Å². The predicted octanol–water partition coefficient (Wildman–Crippen LogP) is 1.63. The van der Waals surface area contributed by atoms with Gasteiger partial charge in [-0.05, 0) is 44.1 Å². The molecule has 0 amide bonds. The van der Waals surface area contributed by atoms with Crippen molar-refractivity contribution in [1.29, 1.82) is 0 Å². The third-order valence-corrected chi connectivity index (χ3v) is 4.90. The van der Waals surface area contributed by atoms with Gasteiger partial charge in [0.05, 0.1) is 10.7 Å². The molecule has 0 radical (unpaired) electrons. The van der Waals surface area contributed by atoms with Crippen LogP contribution < -0.4 is 5.46 Å². The van der Waals surface area contributed by atoms with Crippen LogP contribution in [0.1, 0.15) is 43.0 Å². The van der Waals surface area contributed by atoms with E-state index in [0.717, 1.165) is 17.5 Å². The highest BCUT2D eigenvalue weighted by molar-refractivity contribution is 6.59. The van der Waals surface area contributed by atoms with Crippen molar-refractivity contribution in [3.63, 3.8) is 0 Å². The summed E-state index contributed by atoms with van der Waals surface area (Å²) in [5.74, 6) is 2.05. The molecule has 0 saturated heterocycles. The Morgan fingerprint density at radius 3 is 2.67 bits per heavy atom. The maximum Gasteiger partial charge on any atom is 0.490 e. The molecule has 96 valence electrons. The zero-order valence-electron chi connectivity index (χ0n) is 10.4. The lowest BCUT2D eigenvalue weighted by atomic mass is 9.78. The number of rotatable bonds is 2. The molecule has 3 rings (SSSR count). The molecule has 0 aromatic carbocycles. The molecule has 1 heterocycles. The van der Waals surface area contributed by atoms with Crippen molar-refractivity contribution in [2.24, 2.45) is 11.8 Å². The number of pyridine rings is 1. The van der Waals surface area contributed by atoms with Crippen LogP contribution in [-0.4, -0.2) is 22.2 Å². The molecule has 2 aliphatic rings. The fourth-order valence-corrected chi connectivity index (χ4v) is 4.01. The summed E-state index contributed by atoms with van der Waals surface area (Å²) in [4.78, 5) is 4.54. The van der Waals surface area contributed by atoms with Gasteiger partial charge >= 0.3 is 7.12 Å². The normalized spacial score (nSPS) is 29.9. The lowest BCUT2D eigenvalue weighted by Gasteiger charge is -2.23. The monoisotopic (exact) mass is 265 g/mol. The molecule has 3 atom stereocenters. The number of nitrogens with zero attached hydrogens (tertiary/aromatic N) is 1. The van der Waals surface area contributed by atoms with Crippen molar-refractivity contribution in [1.82, 2.24) is 4.98 Å². The lowest BCUT2D eigenvalue weighted by molar-refractivity contribution is 0.412. The number of hydrogen-bond acceptors (Lipinski definition) is 3. The zero-order chi connectivity index (χ0) is 12.9. The summed E-state index contributed by atoms with van der Waals surface area (Å²) in [6.07, 6.45) is 5.14. The van der Waals surface area contributed by atoms with E-state index in [2.05, 4.69) is 4.98 Å². The van der Waals surface area contributed by atoms with E-state index >= 15 is 0 Å². The highest BCUT2D eigenvalue weighted by Crippen LogP contribution is 2.53. The molecule has 2 aliphatic carbocycles. The van der Waals surface area contributed by atoms with Crippen molar-refractivity contribution in [2.45, 2.75) is 38.5 Å². The summed E-state index contributed by atoms with van der Waals surface area (Å²) in [5.41, 5.74) is 2.05. The minimum absolute atomic E-state index is 0.409. The van der Waals surface area contributed by atoms with E-state index in [0.29, 0.717) is 22.1 Å². The minimum atomic E-state index is -1.50. The summed E-state index contributed by atoms with van der Waals surface area (Å²) in [5, 5.41) is 19.1. The average molecular weight is 266 g/mol. The molecule has 0 spiro atoms. The fourth-order valence-electron chi connectivity index (χ4n) is 3.71. The van der Waals surface area contributed by atoms with Gasteiger partial charge in [0.25, 0.3) is 0 Å². The van der Waals surface area contributed by atoms with Crippen LogP contribution in [-0.2, 0) is 0 Å². The van der Waals surface area contributed by atoms with Crippen LogP contribution in [0.15, 0.2) is 6.07 Å². The number of halogens is 1. The minimum Gasteiger partial charge on any atom is -0.423 e. The molecule has 2 bridgehead atoms. The molecule has 2 N–H and O–H groups in total. The van der Waals surface area contributed by atoms with E-state index in [4.69, 9.17) is 11.6 Å². The molecule has 5 heteroatoms. The SMILES string of the molecule is Cc1nc(C2CC3CCC2C3)c(Cl)cc1B(O)O. The van der Waals surface area contributed by atoms with Crippen molar-refractivity contribution in [3.05, 3.63) is 22.5 Å². The van der Waals surface area contributed by atoms with Crippen LogP contribution in [0.4, 0.5) is 0 Å². The van der Waals surface area contributed by atoms with Gasteiger partial charge in [-0.1, -0.05) is 18.0 Å². The molecule has 3 nitrogen and oxygen atoms in total. The molecule has 0 aliphatic heterocycles. The average Bonchev–Trinajstić information content (AvgIpc) is 2.93. The summed E-state index contributed by atoms with van der Waals surface area (Å²) in [6, 6.07) is 1.66. The Morgan fingerprint density at radius 1 is 1.33 bits per heavy atom. The van der Waals surface area contributed by atoms with Gasteiger partial charge in [-0.25, -0.2) is 0 Å². The first-order valence-electron chi connectivity index (χ1n) is 6.59. The van der Waals surface area contributed by atoms with Crippen LogP contribution in [0.25, 0.3) is 0 Å². The van der Waals surface area contributed by atoms with Gasteiger partial charge in [0, 0.05) is 17.1 Å². The van der Waals surface area contributed by atoms with Crippen LogP contribution in [0.2, 0.25) is 5.02 Å². The van der Waals surface area contributed by atoms with E-state index in [9.17, 15) is 10.0 Å². The Hall–Kier alpha value is -0.575. The van der Waals surface area contributed by atoms with Gasteiger partial charge in [0.1, 0.15) is 0 Å². The highest BCUT2D eigenvalue weighted by Gasteiger charge is 2.41. The first-order valence-corrected chi connectivity index (χ1v) is 6.97. The standard InChI is InChI=1S/C13H17BClNO2/c1-7-11(14(17)18)6-12(15)13(16-7)10-5-8-2-3-9(10)4-8/h6,8-10,17-18H,2-5H2,1H3.